The van der Waals surface area contributed by atoms with Gasteiger partial charge in [-0.3, -0.25) is 0 Å². The van der Waals surface area contributed by atoms with Gasteiger partial charge in [-0.15, -0.1) is 0 Å². The number of nitrogens with zero attached hydrogens (tertiary/aromatic N) is 2. The predicted octanol–water partition coefficient (Wildman–Crippen LogP) is 11.6. The quantitative estimate of drug-likeness (QED) is 0.102. The third-order valence-corrected chi connectivity index (χ3v) is 16.0. The van der Waals surface area contributed by atoms with Crippen LogP contribution in [0.2, 0.25) is 0 Å². The van der Waals surface area contributed by atoms with Gasteiger partial charge in [-0.05, 0) is 118 Å². The largest absolute Gasteiger partial charge is 0.457 e. The SMILES string of the molecule is Fc1ccc(N(c2ccc(Oc3ccccc3)cc2)c2ccc3c(c2)c2cc([Si](c4ccccc4)(c4ccccc4)c4ccccc4)ccc2n3-c2ccccc2)cc1. The van der Waals surface area contributed by atoms with E-state index in [2.05, 4.69) is 179 Å². The molecule has 0 fully saturated rings. The zero-order chi connectivity index (χ0) is 39.6. The first-order valence-electron chi connectivity index (χ1n) is 19.9. The molecule has 0 saturated heterocycles. The van der Waals surface area contributed by atoms with Crippen molar-refractivity contribution in [2.75, 3.05) is 4.90 Å². The fraction of sp³-hybridized carbons (Fsp3) is 0. The van der Waals surface area contributed by atoms with Crippen LogP contribution in [0.3, 0.4) is 0 Å². The predicted molar refractivity (Wildman–Crippen MR) is 246 cm³/mol. The standard InChI is InChI=1S/C54H39FN2OSi/c55-40-26-28-42(29-27-40)56(43-30-33-46(34-31-43)58-45-18-8-2-9-19-45)44-32-36-53-51(38-44)52-39-50(35-37-54(52)57(53)41-16-6-1-7-17-41)59(47-20-10-3-11-21-47,48-22-12-4-13-23-48)49-24-14-5-15-25-49/h1-39H. The molecular formula is C54H39FN2OSi. The number of hydrogen-bond acceptors (Lipinski definition) is 2. The average Bonchev–Trinajstić information content (AvgIpc) is 3.63. The Morgan fingerprint density at radius 1 is 0.373 bits per heavy atom. The maximum absolute atomic E-state index is 14.4. The van der Waals surface area contributed by atoms with Crippen LogP contribution in [0.5, 0.6) is 11.5 Å². The maximum Gasteiger partial charge on any atom is 0.179 e. The number of fused-ring (bicyclic) bond motifs is 3. The second-order valence-corrected chi connectivity index (χ2v) is 18.5. The van der Waals surface area contributed by atoms with E-state index in [1.165, 1.54) is 32.9 Å². The van der Waals surface area contributed by atoms with Gasteiger partial charge in [-0.25, -0.2) is 4.39 Å². The lowest BCUT2D eigenvalue weighted by atomic mass is 10.1. The zero-order valence-corrected chi connectivity index (χ0v) is 33.2. The summed E-state index contributed by atoms with van der Waals surface area (Å²) in [5.41, 5.74) is 6.04. The number of rotatable bonds is 10. The van der Waals surface area contributed by atoms with Gasteiger partial charge in [-0.2, -0.15) is 0 Å². The number of benzene rings is 9. The molecule has 0 saturated carbocycles. The molecule has 3 nitrogen and oxygen atoms in total. The van der Waals surface area contributed by atoms with Gasteiger partial charge in [-0.1, -0.05) is 140 Å². The number of halogens is 1. The zero-order valence-electron chi connectivity index (χ0n) is 32.2. The molecule has 10 aromatic rings. The second kappa shape index (κ2) is 15.5. The summed E-state index contributed by atoms with van der Waals surface area (Å²) in [7, 11) is -2.82. The fourth-order valence-electron chi connectivity index (χ4n) is 8.63. The summed E-state index contributed by atoms with van der Waals surface area (Å²) in [5.74, 6) is 1.22. The summed E-state index contributed by atoms with van der Waals surface area (Å²) >= 11 is 0. The van der Waals surface area contributed by atoms with Gasteiger partial charge >= 0.3 is 0 Å². The molecule has 0 unspecified atom stereocenters. The molecule has 1 heterocycles. The lowest BCUT2D eigenvalue weighted by Crippen LogP contribution is -2.74. The Morgan fingerprint density at radius 3 is 1.34 bits per heavy atom. The summed E-state index contributed by atoms with van der Waals surface area (Å²) in [6, 6.07) is 82.1. The van der Waals surface area contributed by atoms with Crippen molar-refractivity contribution in [3.63, 3.8) is 0 Å². The molecule has 5 heteroatoms. The molecule has 0 aliphatic carbocycles. The Balaban J connectivity index is 1.21. The van der Waals surface area contributed by atoms with E-state index in [1.807, 2.05) is 54.6 Å². The van der Waals surface area contributed by atoms with Crippen molar-refractivity contribution >= 4 is 67.7 Å². The third kappa shape index (κ3) is 6.57. The fourth-order valence-corrected chi connectivity index (χ4v) is 13.4. The van der Waals surface area contributed by atoms with Gasteiger partial charge in [0.05, 0.1) is 11.0 Å². The first-order chi connectivity index (χ1) is 29.2. The van der Waals surface area contributed by atoms with Crippen molar-refractivity contribution in [3.8, 4) is 17.2 Å². The molecule has 0 atom stereocenters. The minimum Gasteiger partial charge on any atom is -0.457 e. The smallest absolute Gasteiger partial charge is 0.179 e. The Morgan fingerprint density at radius 2 is 0.797 bits per heavy atom. The van der Waals surface area contributed by atoms with Crippen LogP contribution in [0.1, 0.15) is 0 Å². The van der Waals surface area contributed by atoms with Crippen molar-refractivity contribution in [1.29, 1.82) is 0 Å². The highest BCUT2D eigenvalue weighted by Crippen LogP contribution is 2.40. The van der Waals surface area contributed by atoms with E-state index in [4.69, 9.17) is 4.74 Å². The summed E-state index contributed by atoms with van der Waals surface area (Å²) in [5, 5.41) is 7.56. The molecular weight excluding hydrogens is 740 g/mol. The van der Waals surface area contributed by atoms with Gasteiger partial charge in [0.1, 0.15) is 17.3 Å². The normalized spacial score (nSPS) is 11.5. The van der Waals surface area contributed by atoms with Gasteiger partial charge in [0.2, 0.25) is 0 Å². The van der Waals surface area contributed by atoms with Crippen molar-refractivity contribution in [2.45, 2.75) is 0 Å². The lowest BCUT2D eigenvalue weighted by Gasteiger charge is -2.34. The third-order valence-electron chi connectivity index (χ3n) is 11.2. The highest BCUT2D eigenvalue weighted by atomic mass is 28.3. The van der Waals surface area contributed by atoms with Crippen molar-refractivity contribution in [1.82, 2.24) is 4.57 Å². The van der Waals surface area contributed by atoms with Crippen molar-refractivity contribution in [3.05, 3.63) is 242 Å². The topological polar surface area (TPSA) is 17.4 Å². The van der Waals surface area contributed by atoms with Crippen molar-refractivity contribution < 1.29 is 9.13 Å². The van der Waals surface area contributed by atoms with Crippen LogP contribution in [-0.4, -0.2) is 12.6 Å². The summed E-state index contributed by atoms with van der Waals surface area (Å²) in [6.45, 7) is 0. The molecule has 0 aliphatic heterocycles. The highest BCUT2D eigenvalue weighted by molar-refractivity contribution is 7.20. The molecule has 0 bridgehead atoms. The Bertz CT molecular complexity index is 2900. The molecule has 0 spiro atoms. The lowest BCUT2D eigenvalue weighted by molar-refractivity contribution is 0.483. The molecule has 0 N–H and O–H groups in total. The number of para-hydroxylation sites is 2. The molecule has 282 valence electrons. The Kier molecular flexibility index (Phi) is 9.41. The van der Waals surface area contributed by atoms with Gasteiger partial charge in [0.15, 0.2) is 8.07 Å². The number of ether oxygens (including phenoxy) is 1. The Hall–Kier alpha value is -7.47. The molecule has 10 rings (SSSR count). The molecule has 0 radical (unpaired) electrons. The van der Waals surface area contributed by atoms with E-state index in [9.17, 15) is 4.39 Å². The number of aromatic nitrogens is 1. The van der Waals surface area contributed by atoms with E-state index >= 15 is 0 Å². The number of anilines is 3. The maximum atomic E-state index is 14.4. The molecule has 9 aromatic carbocycles. The molecule has 0 amide bonds. The first kappa shape index (κ1) is 35.9. The van der Waals surface area contributed by atoms with E-state index in [0.29, 0.717) is 0 Å². The van der Waals surface area contributed by atoms with E-state index in [-0.39, 0.29) is 5.82 Å². The van der Waals surface area contributed by atoms with E-state index in [0.717, 1.165) is 56.1 Å². The average molecular weight is 779 g/mol. The summed E-state index contributed by atoms with van der Waals surface area (Å²) < 4.78 is 23.0. The van der Waals surface area contributed by atoms with Crippen LogP contribution in [0.4, 0.5) is 21.5 Å². The minimum absolute atomic E-state index is 0.280. The van der Waals surface area contributed by atoms with E-state index in [1.54, 1.807) is 0 Å². The van der Waals surface area contributed by atoms with Crippen LogP contribution >= 0.6 is 0 Å². The molecule has 0 aliphatic rings. The monoisotopic (exact) mass is 778 g/mol. The van der Waals surface area contributed by atoms with Crippen LogP contribution in [0, 0.1) is 5.82 Å². The van der Waals surface area contributed by atoms with Crippen LogP contribution < -0.4 is 30.4 Å². The summed E-state index contributed by atoms with van der Waals surface area (Å²) in [6.07, 6.45) is 0. The first-order valence-corrected chi connectivity index (χ1v) is 21.9. The second-order valence-electron chi connectivity index (χ2n) is 14.7. The Labute approximate surface area is 344 Å². The summed E-state index contributed by atoms with van der Waals surface area (Å²) in [4.78, 5) is 2.18. The minimum atomic E-state index is -2.82. The van der Waals surface area contributed by atoms with Gasteiger partial charge in [0, 0.05) is 33.5 Å². The van der Waals surface area contributed by atoms with Crippen LogP contribution in [0.25, 0.3) is 27.5 Å². The van der Waals surface area contributed by atoms with E-state index < -0.39 is 8.07 Å². The van der Waals surface area contributed by atoms with Crippen LogP contribution in [-0.2, 0) is 0 Å². The number of hydrogen-bond donors (Lipinski definition) is 0. The highest BCUT2D eigenvalue weighted by Gasteiger charge is 2.41. The van der Waals surface area contributed by atoms with Gasteiger partial charge in [0.25, 0.3) is 0 Å². The van der Waals surface area contributed by atoms with Gasteiger partial charge < -0.3 is 14.2 Å². The van der Waals surface area contributed by atoms with Crippen molar-refractivity contribution in [2.24, 2.45) is 0 Å². The molecule has 1 aromatic heterocycles. The van der Waals surface area contributed by atoms with Crippen LogP contribution in [0.15, 0.2) is 237 Å². The molecule has 59 heavy (non-hydrogen) atoms.